The lowest BCUT2D eigenvalue weighted by molar-refractivity contribution is -0.0439. The number of aliphatic hydroxyl groups excluding tert-OH is 1. The Bertz CT molecular complexity index is 464. The first-order valence-corrected chi connectivity index (χ1v) is 8.70. The van der Waals surface area contributed by atoms with Crippen molar-refractivity contribution in [2.75, 3.05) is 26.2 Å². The molecule has 0 spiro atoms. The number of hydrogen-bond donors (Lipinski definition) is 1. The van der Waals surface area contributed by atoms with Crippen molar-refractivity contribution in [1.82, 2.24) is 4.90 Å². The molecule has 1 saturated heterocycles. The van der Waals surface area contributed by atoms with Crippen molar-refractivity contribution in [3.63, 3.8) is 0 Å². The van der Waals surface area contributed by atoms with Crippen LogP contribution in [0.25, 0.3) is 0 Å². The fourth-order valence-electron chi connectivity index (χ4n) is 3.04. The van der Waals surface area contributed by atoms with Crippen LogP contribution in [-0.2, 0) is 11.2 Å². The number of likely N-dealkylation sites (tertiary alicyclic amines) is 1. The third kappa shape index (κ3) is 6.46. The summed E-state index contributed by atoms with van der Waals surface area (Å²) in [6.45, 7) is 10.9. The van der Waals surface area contributed by atoms with Crippen molar-refractivity contribution in [3.05, 3.63) is 48.6 Å². The molecule has 1 fully saturated rings. The topological polar surface area (TPSA) is 32.7 Å². The van der Waals surface area contributed by atoms with E-state index in [1.54, 1.807) is 6.08 Å². The van der Waals surface area contributed by atoms with Gasteiger partial charge in [-0.05, 0) is 57.7 Å². The zero-order valence-corrected chi connectivity index (χ0v) is 14.6. The predicted octanol–water partition coefficient (Wildman–Crippen LogP) is 3.28. The maximum Gasteiger partial charge on any atom is 0.0900 e. The van der Waals surface area contributed by atoms with E-state index < -0.39 is 6.10 Å². The van der Waals surface area contributed by atoms with Gasteiger partial charge in [-0.3, -0.25) is 0 Å². The molecule has 23 heavy (non-hydrogen) atoms. The fraction of sp³-hybridized carbons (Fsp3) is 0.600. The van der Waals surface area contributed by atoms with Crippen LogP contribution in [-0.4, -0.2) is 48.0 Å². The molecule has 0 aliphatic carbocycles. The highest BCUT2D eigenvalue weighted by atomic mass is 16.5. The maximum atomic E-state index is 10.2. The van der Waals surface area contributed by atoms with Crippen LogP contribution in [0.2, 0.25) is 0 Å². The predicted molar refractivity (Wildman–Crippen MR) is 95.5 cm³/mol. The molecule has 1 aromatic rings. The van der Waals surface area contributed by atoms with Crippen LogP contribution < -0.4 is 0 Å². The molecule has 0 bridgehead atoms. The minimum atomic E-state index is -0.431. The molecule has 1 N–H and O–H groups in total. The summed E-state index contributed by atoms with van der Waals surface area (Å²) in [5.74, 6) is 0.766. The normalized spacial score (nSPS) is 18.7. The number of β-amino-alcohol motifs (C(OH)–C–C–N with tert-alkyl or cyclic N) is 1. The molecule has 1 aromatic carbocycles. The number of hydrogen-bond acceptors (Lipinski definition) is 3. The lowest BCUT2D eigenvalue weighted by Gasteiger charge is -2.33. The second-order valence-electron chi connectivity index (χ2n) is 7.21. The van der Waals surface area contributed by atoms with Gasteiger partial charge in [-0.25, -0.2) is 0 Å². The van der Waals surface area contributed by atoms with Crippen LogP contribution in [0.15, 0.2) is 43.0 Å². The van der Waals surface area contributed by atoms with Gasteiger partial charge < -0.3 is 14.7 Å². The largest absolute Gasteiger partial charge is 0.389 e. The van der Waals surface area contributed by atoms with E-state index in [-0.39, 0.29) is 5.60 Å². The van der Waals surface area contributed by atoms with E-state index in [1.807, 2.05) is 13.8 Å². The van der Waals surface area contributed by atoms with Crippen LogP contribution in [0, 0.1) is 5.92 Å². The van der Waals surface area contributed by atoms with Gasteiger partial charge in [0.05, 0.1) is 18.3 Å². The van der Waals surface area contributed by atoms with E-state index in [4.69, 9.17) is 4.74 Å². The second kappa shape index (κ2) is 8.62. The summed E-state index contributed by atoms with van der Waals surface area (Å²) >= 11 is 0. The number of ether oxygens (including phenoxy) is 1. The third-order valence-electron chi connectivity index (χ3n) is 4.68. The summed E-state index contributed by atoms with van der Waals surface area (Å²) in [4.78, 5) is 2.36. The van der Waals surface area contributed by atoms with Crippen molar-refractivity contribution >= 4 is 0 Å². The Morgan fingerprint density at radius 2 is 1.96 bits per heavy atom. The fourth-order valence-corrected chi connectivity index (χ4v) is 3.04. The summed E-state index contributed by atoms with van der Waals surface area (Å²) < 4.78 is 5.69. The molecule has 0 radical (unpaired) electrons. The smallest absolute Gasteiger partial charge is 0.0900 e. The first kappa shape index (κ1) is 18.2. The highest BCUT2D eigenvalue weighted by Gasteiger charge is 2.22. The lowest BCUT2D eigenvalue weighted by atomic mass is 9.90. The molecule has 1 atom stereocenters. The number of aliphatic hydroxyl groups is 1. The highest BCUT2D eigenvalue weighted by molar-refractivity contribution is 5.15. The van der Waals surface area contributed by atoms with Gasteiger partial charge in [0.15, 0.2) is 0 Å². The molecular formula is C20H31NO2. The molecule has 128 valence electrons. The zero-order valence-electron chi connectivity index (χ0n) is 14.6. The molecule has 3 nitrogen and oxygen atoms in total. The maximum absolute atomic E-state index is 10.2. The zero-order chi connectivity index (χ0) is 16.7. The van der Waals surface area contributed by atoms with Crippen molar-refractivity contribution in [3.8, 4) is 0 Å². The van der Waals surface area contributed by atoms with E-state index in [0.717, 1.165) is 19.0 Å². The second-order valence-corrected chi connectivity index (χ2v) is 7.21. The molecule has 0 amide bonds. The van der Waals surface area contributed by atoms with Crippen molar-refractivity contribution in [1.29, 1.82) is 0 Å². The lowest BCUT2D eigenvalue weighted by Crippen LogP contribution is -2.41. The quantitative estimate of drug-likeness (QED) is 0.747. The molecule has 0 unspecified atom stereocenters. The van der Waals surface area contributed by atoms with E-state index in [1.165, 1.54) is 24.8 Å². The summed E-state index contributed by atoms with van der Waals surface area (Å²) in [7, 11) is 0. The van der Waals surface area contributed by atoms with Gasteiger partial charge in [0.2, 0.25) is 0 Å². The third-order valence-corrected chi connectivity index (χ3v) is 4.68. The molecule has 3 heteroatoms. The van der Waals surface area contributed by atoms with Gasteiger partial charge >= 0.3 is 0 Å². The summed E-state index contributed by atoms with van der Waals surface area (Å²) in [5.41, 5.74) is 1.06. The average Bonchev–Trinajstić information content (AvgIpc) is 2.56. The molecule has 0 saturated carbocycles. The molecule has 2 rings (SSSR count). The minimum absolute atomic E-state index is 0.364. The molecule has 1 aliphatic heterocycles. The first-order valence-electron chi connectivity index (χ1n) is 8.70. The van der Waals surface area contributed by atoms with Gasteiger partial charge in [-0.15, -0.1) is 6.58 Å². The van der Waals surface area contributed by atoms with Gasteiger partial charge in [-0.2, -0.15) is 0 Å². The SMILES string of the molecule is C=CC(C)(C)OC[C@@H](O)CN1CCC(Cc2ccccc2)CC1. The Morgan fingerprint density at radius 3 is 2.57 bits per heavy atom. The first-order chi connectivity index (χ1) is 11.0. The van der Waals surface area contributed by atoms with Crippen LogP contribution in [0.1, 0.15) is 32.3 Å². The standard InChI is InChI=1S/C20H31NO2/c1-4-20(2,3)23-16-19(22)15-21-12-10-18(11-13-21)14-17-8-6-5-7-9-17/h4-9,18-19,22H,1,10-16H2,2-3H3/t19-/m0/s1. The number of nitrogens with zero attached hydrogens (tertiary/aromatic N) is 1. The Kier molecular flexibility index (Phi) is 6.82. The number of benzene rings is 1. The van der Waals surface area contributed by atoms with E-state index >= 15 is 0 Å². The van der Waals surface area contributed by atoms with Gasteiger partial charge in [0.25, 0.3) is 0 Å². The summed E-state index contributed by atoms with van der Waals surface area (Å²) in [6.07, 6.45) is 4.93. The highest BCUT2D eigenvalue weighted by Crippen LogP contribution is 2.22. The molecule has 1 heterocycles. The van der Waals surface area contributed by atoms with Gasteiger partial charge in [0.1, 0.15) is 0 Å². The number of piperidine rings is 1. The average molecular weight is 317 g/mol. The Labute approximate surface area is 141 Å². The number of rotatable bonds is 8. The minimum Gasteiger partial charge on any atom is -0.389 e. The van der Waals surface area contributed by atoms with Crippen molar-refractivity contribution < 1.29 is 9.84 Å². The Morgan fingerprint density at radius 1 is 1.30 bits per heavy atom. The van der Waals surface area contributed by atoms with Gasteiger partial charge in [0, 0.05) is 6.54 Å². The van der Waals surface area contributed by atoms with E-state index in [2.05, 4.69) is 41.8 Å². The van der Waals surface area contributed by atoms with E-state index in [9.17, 15) is 5.11 Å². The summed E-state index contributed by atoms with van der Waals surface area (Å²) in [5, 5.41) is 10.2. The Hall–Kier alpha value is -1.16. The summed E-state index contributed by atoms with van der Waals surface area (Å²) in [6, 6.07) is 10.7. The molecule has 1 aliphatic rings. The van der Waals surface area contributed by atoms with Crippen LogP contribution in [0.3, 0.4) is 0 Å². The Balaban J connectivity index is 1.67. The van der Waals surface area contributed by atoms with Crippen LogP contribution in [0.5, 0.6) is 0 Å². The van der Waals surface area contributed by atoms with Crippen molar-refractivity contribution in [2.24, 2.45) is 5.92 Å². The molecular weight excluding hydrogens is 286 g/mol. The van der Waals surface area contributed by atoms with Gasteiger partial charge in [-0.1, -0.05) is 36.4 Å². The monoisotopic (exact) mass is 317 g/mol. The van der Waals surface area contributed by atoms with Crippen LogP contribution >= 0.6 is 0 Å². The molecule has 0 aromatic heterocycles. The van der Waals surface area contributed by atoms with E-state index in [0.29, 0.717) is 13.2 Å². The van der Waals surface area contributed by atoms with Crippen molar-refractivity contribution in [2.45, 2.75) is 44.8 Å². The van der Waals surface area contributed by atoms with Crippen LogP contribution in [0.4, 0.5) is 0 Å².